The summed E-state index contributed by atoms with van der Waals surface area (Å²) in [6, 6.07) is 8.68. The molecule has 0 spiro atoms. The van der Waals surface area contributed by atoms with E-state index in [2.05, 4.69) is 62.7 Å². The molecule has 0 unspecified atom stereocenters. The number of hydrogen-bond donors (Lipinski definition) is 0. The summed E-state index contributed by atoms with van der Waals surface area (Å²) in [6.07, 6.45) is 13.0. The van der Waals surface area contributed by atoms with Crippen LogP contribution in [-0.4, -0.2) is 19.9 Å². The first kappa shape index (κ1) is 28.8. The maximum atomic E-state index is 5.49. The molecule has 4 nitrogen and oxygen atoms in total. The number of benzene rings is 1. The first-order chi connectivity index (χ1) is 19.7. The fraction of sp³-hybridized carbons (Fsp3) is 0.471. The van der Waals surface area contributed by atoms with E-state index < -0.39 is 0 Å². The molecule has 210 valence electrons. The van der Waals surface area contributed by atoms with Crippen molar-refractivity contribution in [1.82, 2.24) is 19.9 Å². The molecule has 0 N–H and O–H groups in total. The van der Waals surface area contributed by atoms with Crippen molar-refractivity contribution >= 4 is 44.7 Å². The van der Waals surface area contributed by atoms with Gasteiger partial charge in [0, 0.05) is 20.9 Å². The first-order valence-corrected chi connectivity index (χ1v) is 17.1. The molecule has 0 amide bonds. The van der Waals surface area contributed by atoms with Crippen LogP contribution in [0.15, 0.2) is 35.0 Å². The predicted octanol–water partition coefficient (Wildman–Crippen LogP) is 10.4. The number of nitrogens with zero attached hydrogens (tertiary/aromatic N) is 4. The molecule has 5 rings (SSSR count). The second-order valence-electron chi connectivity index (χ2n) is 10.7. The molecular weight excluding hydrogens is 529 g/mol. The summed E-state index contributed by atoms with van der Waals surface area (Å²) in [6.45, 7) is 9.01. The van der Waals surface area contributed by atoms with Crippen molar-refractivity contribution in [2.45, 2.75) is 105 Å². The van der Waals surface area contributed by atoms with Crippen LogP contribution in [0.4, 0.5) is 0 Å². The van der Waals surface area contributed by atoms with Crippen LogP contribution < -0.4 is 0 Å². The Labute approximate surface area is 247 Å². The van der Waals surface area contributed by atoms with Gasteiger partial charge in [-0.3, -0.25) is 0 Å². The fourth-order valence-corrected chi connectivity index (χ4v) is 6.96. The molecular formula is C34H42N4S2. The molecule has 0 aliphatic heterocycles. The Bertz CT molecular complexity index is 1340. The summed E-state index contributed by atoms with van der Waals surface area (Å²) in [5.74, 6) is 0. The van der Waals surface area contributed by atoms with Crippen molar-refractivity contribution in [2.75, 3.05) is 0 Å². The highest BCUT2D eigenvalue weighted by atomic mass is 32.1. The molecule has 0 fully saturated rings. The average molecular weight is 571 g/mol. The third-order valence-corrected chi connectivity index (χ3v) is 9.43. The van der Waals surface area contributed by atoms with E-state index in [9.17, 15) is 0 Å². The van der Waals surface area contributed by atoms with Gasteiger partial charge in [0.1, 0.15) is 22.1 Å². The molecule has 0 aliphatic rings. The number of thiophene rings is 2. The third-order valence-electron chi connectivity index (χ3n) is 7.65. The van der Waals surface area contributed by atoms with E-state index in [1.165, 1.54) is 9.75 Å². The minimum Gasteiger partial charge on any atom is -0.248 e. The van der Waals surface area contributed by atoms with Gasteiger partial charge >= 0.3 is 0 Å². The molecule has 6 heteroatoms. The summed E-state index contributed by atoms with van der Waals surface area (Å²) >= 11 is 3.52. The highest BCUT2D eigenvalue weighted by molar-refractivity contribution is 7.14. The van der Waals surface area contributed by atoms with E-state index in [-0.39, 0.29) is 0 Å². The van der Waals surface area contributed by atoms with Crippen LogP contribution in [0.3, 0.4) is 0 Å². The van der Waals surface area contributed by atoms with Crippen LogP contribution in [0.2, 0.25) is 0 Å². The number of aryl methyl sites for hydroxylation is 4. The first-order valence-electron chi connectivity index (χ1n) is 15.3. The Balaban J connectivity index is 1.92. The van der Waals surface area contributed by atoms with Crippen molar-refractivity contribution in [1.29, 1.82) is 0 Å². The topological polar surface area (TPSA) is 51.6 Å². The Morgan fingerprint density at radius 2 is 0.775 bits per heavy atom. The van der Waals surface area contributed by atoms with Gasteiger partial charge in [-0.05, 0) is 74.3 Å². The van der Waals surface area contributed by atoms with Crippen molar-refractivity contribution < 1.29 is 0 Å². The minimum atomic E-state index is 0.970. The van der Waals surface area contributed by atoms with E-state index in [4.69, 9.17) is 19.9 Å². The SMILES string of the molecule is CCCCc1nc2c(-c3cccs3)c3nc(CCCC)c(CCCC)nc3c(-c3cccs3)c2nc1CCCC. The van der Waals surface area contributed by atoms with Crippen molar-refractivity contribution in [3.8, 4) is 20.9 Å². The number of hydrogen-bond acceptors (Lipinski definition) is 6. The van der Waals surface area contributed by atoms with E-state index in [1.807, 2.05) is 0 Å². The molecule has 0 saturated carbocycles. The van der Waals surface area contributed by atoms with Gasteiger partial charge < -0.3 is 0 Å². The molecule has 40 heavy (non-hydrogen) atoms. The van der Waals surface area contributed by atoms with Gasteiger partial charge in [-0.2, -0.15) is 0 Å². The maximum Gasteiger partial charge on any atom is 0.101 e. The third kappa shape index (κ3) is 5.99. The maximum absolute atomic E-state index is 5.49. The molecule has 0 radical (unpaired) electrons. The zero-order valence-electron chi connectivity index (χ0n) is 24.6. The Kier molecular flexibility index (Phi) is 9.92. The largest absolute Gasteiger partial charge is 0.248 e. The Morgan fingerprint density at radius 3 is 1.00 bits per heavy atom. The van der Waals surface area contributed by atoms with Crippen molar-refractivity contribution in [3.05, 3.63) is 57.8 Å². The van der Waals surface area contributed by atoms with Crippen LogP contribution >= 0.6 is 22.7 Å². The van der Waals surface area contributed by atoms with Crippen LogP contribution in [0, 0.1) is 0 Å². The van der Waals surface area contributed by atoms with Crippen LogP contribution in [-0.2, 0) is 25.7 Å². The minimum absolute atomic E-state index is 0.970. The quantitative estimate of drug-likeness (QED) is 0.125. The van der Waals surface area contributed by atoms with Gasteiger partial charge in [0.25, 0.3) is 0 Å². The van der Waals surface area contributed by atoms with Crippen LogP contribution in [0.5, 0.6) is 0 Å². The normalized spacial score (nSPS) is 11.7. The smallest absolute Gasteiger partial charge is 0.101 e. The number of aromatic nitrogens is 4. The van der Waals surface area contributed by atoms with E-state index in [1.54, 1.807) is 22.7 Å². The average Bonchev–Trinajstić information content (AvgIpc) is 3.70. The summed E-state index contributed by atoms with van der Waals surface area (Å²) in [5, 5.41) is 4.31. The number of rotatable bonds is 14. The molecule has 5 aromatic rings. The molecule has 0 bridgehead atoms. The van der Waals surface area contributed by atoms with Gasteiger partial charge in [-0.25, -0.2) is 19.9 Å². The van der Waals surface area contributed by atoms with E-state index in [0.29, 0.717) is 0 Å². The molecule has 4 heterocycles. The summed E-state index contributed by atoms with van der Waals surface area (Å²) < 4.78 is 0. The fourth-order valence-electron chi connectivity index (χ4n) is 5.42. The molecule has 0 aliphatic carbocycles. The number of unbranched alkanes of at least 4 members (excludes halogenated alkanes) is 4. The molecule has 0 atom stereocenters. The second kappa shape index (κ2) is 13.8. The van der Waals surface area contributed by atoms with Gasteiger partial charge in [-0.1, -0.05) is 65.5 Å². The summed E-state index contributed by atoms with van der Waals surface area (Å²) in [5.41, 5.74) is 10.8. The van der Waals surface area contributed by atoms with Gasteiger partial charge in [0.2, 0.25) is 0 Å². The lowest BCUT2D eigenvalue weighted by atomic mass is 9.98. The number of fused-ring (bicyclic) bond motifs is 2. The van der Waals surface area contributed by atoms with Crippen molar-refractivity contribution in [2.24, 2.45) is 0 Å². The predicted molar refractivity (Wildman–Crippen MR) is 174 cm³/mol. The molecule has 0 saturated heterocycles. The standard InChI is InChI=1S/C34H42N4S2/c1-5-9-15-23-24(16-10-6-2)36-32-30(28-20-14-22-40-28)34-33(29(31(32)35-23)27-19-13-21-39-27)37-25(17-11-7-3)26(38-34)18-12-8-4/h13-14,19-22H,5-12,15-18H2,1-4H3. The zero-order chi connectivity index (χ0) is 27.9. The van der Waals surface area contributed by atoms with Crippen LogP contribution in [0.25, 0.3) is 42.9 Å². The van der Waals surface area contributed by atoms with Gasteiger partial charge in [-0.15, -0.1) is 22.7 Å². The lowest BCUT2D eigenvalue weighted by Crippen LogP contribution is -2.08. The van der Waals surface area contributed by atoms with Crippen molar-refractivity contribution in [3.63, 3.8) is 0 Å². The van der Waals surface area contributed by atoms with Gasteiger partial charge in [0.05, 0.1) is 22.8 Å². The highest BCUT2D eigenvalue weighted by Gasteiger charge is 2.25. The van der Waals surface area contributed by atoms with E-state index in [0.717, 1.165) is 133 Å². The monoisotopic (exact) mass is 570 g/mol. The summed E-state index contributed by atoms with van der Waals surface area (Å²) in [4.78, 5) is 24.3. The lowest BCUT2D eigenvalue weighted by Gasteiger charge is -2.18. The highest BCUT2D eigenvalue weighted by Crippen LogP contribution is 2.44. The van der Waals surface area contributed by atoms with Crippen LogP contribution in [0.1, 0.15) is 102 Å². The zero-order valence-corrected chi connectivity index (χ0v) is 26.2. The molecule has 4 aromatic heterocycles. The summed E-state index contributed by atoms with van der Waals surface area (Å²) in [7, 11) is 0. The lowest BCUT2D eigenvalue weighted by molar-refractivity contribution is 0.728. The Morgan fingerprint density at radius 1 is 0.475 bits per heavy atom. The second-order valence-corrected chi connectivity index (χ2v) is 12.6. The van der Waals surface area contributed by atoms with E-state index >= 15 is 0 Å². The van der Waals surface area contributed by atoms with Gasteiger partial charge in [0.15, 0.2) is 0 Å². The Hall–Kier alpha value is -2.70. The molecule has 1 aromatic carbocycles.